The van der Waals surface area contributed by atoms with E-state index in [9.17, 15) is 5.11 Å². The number of halogens is 2. The molecule has 0 aliphatic carbocycles. The van der Waals surface area contributed by atoms with Crippen molar-refractivity contribution in [2.75, 3.05) is 24.3 Å². The zero-order chi connectivity index (χ0) is 14.7. The summed E-state index contributed by atoms with van der Waals surface area (Å²) < 4.78 is 0. The first-order chi connectivity index (χ1) is 9.47. The van der Waals surface area contributed by atoms with E-state index in [1.807, 2.05) is 43.3 Å². The van der Waals surface area contributed by atoms with Gasteiger partial charge >= 0.3 is 0 Å². The van der Waals surface area contributed by atoms with Crippen LogP contribution in [0.5, 0.6) is 5.75 Å². The van der Waals surface area contributed by atoms with Gasteiger partial charge in [-0.15, -0.1) is 0 Å². The molecule has 0 saturated heterocycles. The number of nitrogens with one attached hydrogen (secondary N) is 1. The summed E-state index contributed by atoms with van der Waals surface area (Å²) in [6, 6.07) is 10.9. The van der Waals surface area contributed by atoms with Crippen LogP contribution in [0.1, 0.15) is 5.56 Å². The Labute approximate surface area is 128 Å². The van der Waals surface area contributed by atoms with Gasteiger partial charge in [-0.3, -0.25) is 0 Å². The zero-order valence-electron chi connectivity index (χ0n) is 11.3. The maximum atomic E-state index is 9.41. The molecular formula is C15H16Cl2N2O. The van der Waals surface area contributed by atoms with Gasteiger partial charge in [0.2, 0.25) is 0 Å². The molecule has 0 aromatic heterocycles. The fourth-order valence-electron chi connectivity index (χ4n) is 1.90. The molecule has 2 aromatic rings. The van der Waals surface area contributed by atoms with Crippen LogP contribution in [-0.4, -0.2) is 19.2 Å². The average Bonchev–Trinajstić information content (AvgIpc) is 2.40. The Balaban J connectivity index is 2.17. The van der Waals surface area contributed by atoms with E-state index in [1.54, 1.807) is 12.1 Å². The van der Waals surface area contributed by atoms with Crippen LogP contribution >= 0.6 is 23.2 Å². The van der Waals surface area contributed by atoms with Crippen LogP contribution in [-0.2, 0) is 6.54 Å². The molecule has 2 aromatic carbocycles. The van der Waals surface area contributed by atoms with E-state index in [0.717, 1.165) is 16.9 Å². The lowest BCUT2D eigenvalue weighted by Crippen LogP contribution is -2.12. The number of rotatable bonds is 4. The average molecular weight is 311 g/mol. The second-order valence-electron chi connectivity index (χ2n) is 4.70. The number of nitrogens with zero attached hydrogens (tertiary/aromatic N) is 1. The predicted octanol–water partition coefficient (Wildman–Crippen LogP) is 4.38. The number of aromatic hydroxyl groups is 1. The number of phenolic OH excluding ortho intramolecular Hbond substituents is 1. The van der Waals surface area contributed by atoms with E-state index in [-0.39, 0.29) is 5.75 Å². The van der Waals surface area contributed by atoms with Crippen LogP contribution in [0.4, 0.5) is 11.4 Å². The molecule has 0 aliphatic rings. The molecule has 3 nitrogen and oxygen atoms in total. The first kappa shape index (κ1) is 14.8. The van der Waals surface area contributed by atoms with Gasteiger partial charge in [-0.25, -0.2) is 0 Å². The van der Waals surface area contributed by atoms with E-state index in [0.29, 0.717) is 16.6 Å². The van der Waals surface area contributed by atoms with Crippen molar-refractivity contribution in [3.63, 3.8) is 0 Å². The quantitative estimate of drug-likeness (QED) is 0.880. The maximum absolute atomic E-state index is 9.41. The monoisotopic (exact) mass is 310 g/mol. The molecule has 0 radical (unpaired) electrons. The molecule has 5 heteroatoms. The minimum Gasteiger partial charge on any atom is -0.506 e. The molecule has 0 spiro atoms. The highest BCUT2D eigenvalue weighted by molar-refractivity contribution is 6.32. The standard InChI is InChI=1S/C15H16Cl2N2O/c1-19(2)14-5-4-11(16)8-13(14)18-9-10-3-6-15(20)12(17)7-10/h3-8,18,20H,9H2,1-2H3. The normalized spacial score (nSPS) is 10.4. The number of phenols is 1. The highest BCUT2D eigenvalue weighted by Crippen LogP contribution is 2.29. The number of hydrogen-bond acceptors (Lipinski definition) is 3. The van der Waals surface area contributed by atoms with Crippen LogP contribution in [0.25, 0.3) is 0 Å². The van der Waals surface area contributed by atoms with Crippen LogP contribution in [0.15, 0.2) is 36.4 Å². The summed E-state index contributed by atoms with van der Waals surface area (Å²) in [5.41, 5.74) is 2.99. The number of anilines is 2. The van der Waals surface area contributed by atoms with E-state index >= 15 is 0 Å². The largest absolute Gasteiger partial charge is 0.506 e. The smallest absolute Gasteiger partial charge is 0.134 e. The Morgan fingerprint density at radius 1 is 1.10 bits per heavy atom. The lowest BCUT2D eigenvalue weighted by atomic mass is 10.2. The van der Waals surface area contributed by atoms with Gasteiger partial charge in [0.05, 0.1) is 16.4 Å². The van der Waals surface area contributed by atoms with Crippen molar-refractivity contribution in [1.82, 2.24) is 0 Å². The Bertz CT molecular complexity index is 615. The van der Waals surface area contributed by atoms with Crippen molar-refractivity contribution in [2.45, 2.75) is 6.54 Å². The predicted molar refractivity (Wildman–Crippen MR) is 86.2 cm³/mol. The first-order valence-electron chi connectivity index (χ1n) is 6.15. The molecule has 0 amide bonds. The van der Waals surface area contributed by atoms with E-state index < -0.39 is 0 Å². The van der Waals surface area contributed by atoms with Crippen LogP contribution < -0.4 is 10.2 Å². The van der Waals surface area contributed by atoms with Gasteiger partial charge in [-0.2, -0.15) is 0 Å². The second-order valence-corrected chi connectivity index (χ2v) is 5.54. The molecule has 0 heterocycles. The molecule has 2 N–H and O–H groups in total. The third-order valence-electron chi connectivity index (χ3n) is 2.94. The molecule has 106 valence electrons. The molecule has 0 bridgehead atoms. The van der Waals surface area contributed by atoms with Crippen molar-refractivity contribution >= 4 is 34.6 Å². The highest BCUT2D eigenvalue weighted by atomic mass is 35.5. The summed E-state index contributed by atoms with van der Waals surface area (Å²) in [7, 11) is 3.96. The molecule has 0 fully saturated rings. The fraction of sp³-hybridized carbons (Fsp3) is 0.200. The summed E-state index contributed by atoms with van der Waals surface area (Å²) in [4.78, 5) is 2.02. The molecule has 0 saturated carbocycles. The van der Waals surface area contributed by atoms with Gasteiger partial charge in [0.1, 0.15) is 5.75 Å². The summed E-state index contributed by atoms with van der Waals surface area (Å²) in [5, 5.41) is 13.8. The lowest BCUT2D eigenvalue weighted by molar-refractivity contribution is 0.475. The zero-order valence-corrected chi connectivity index (χ0v) is 12.8. The van der Waals surface area contributed by atoms with Crippen molar-refractivity contribution in [1.29, 1.82) is 0 Å². The fourth-order valence-corrected chi connectivity index (χ4v) is 2.27. The van der Waals surface area contributed by atoms with Gasteiger partial charge in [-0.05, 0) is 35.9 Å². The van der Waals surface area contributed by atoms with E-state index in [1.165, 1.54) is 0 Å². The Hall–Kier alpha value is -1.58. The lowest BCUT2D eigenvalue weighted by Gasteiger charge is -2.19. The Kier molecular flexibility index (Phi) is 4.63. The SMILES string of the molecule is CN(C)c1ccc(Cl)cc1NCc1ccc(O)c(Cl)c1. The van der Waals surface area contributed by atoms with Gasteiger partial charge in [0, 0.05) is 25.7 Å². The summed E-state index contributed by atoms with van der Waals surface area (Å²) in [6.07, 6.45) is 0. The first-order valence-corrected chi connectivity index (χ1v) is 6.91. The van der Waals surface area contributed by atoms with Crippen molar-refractivity contribution in [2.24, 2.45) is 0 Å². The van der Waals surface area contributed by atoms with Gasteiger partial charge in [-0.1, -0.05) is 29.3 Å². The van der Waals surface area contributed by atoms with Gasteiger partial charge < -0.3 is 15.3 Å². The number of benzene rings is 2. The molecule has 2 rings (SSSR count). The summed E-state index contributed by atoms with van der Waals surface area (Å²) in [5.74, 6) is 0.0900. The van der Waals surface area contributed by atoms with Crippen molar-refractivity contribution < 1.29 is 5.11 Å². The minimum absolute atomic E-state index is 0.0900. The highest BCUT2D eigenvalue weighted by Gasteiger charge is 2.06. The van der Waals surface area contributed by atoms with E-state index in [4.69, 9.17) is 23.2 Å². The van der Waals surface area contributed by atoms with Crippen LogP contribution in [0.2, 0.25) is 10.0 Å². The molecule has 0 aliphatic heterocycles. The molecule has 0 unspecified atom stereocenters. The minimum atomic E-state index is 0.0900. The van der Waals surface area contributed by atoms with Gasteiger partial charge in [0.25, 0.3) is 0 Å². The third kappa shape index (κ3) is 3.50. The topological polar surface area (TPSA) is 35.5 Å². The Morgan fingerprint density at radius 3 is 2.50 bits per heavy atom. The second kappa shape index (κ2) is 6.25. The third-order valence-corrected chi connectivity index (χ3v) is 3.47. The van der Waals surface area contributed by atoms with Crippen LogP contribution in [0.3, 0.4) is 0 Å². The Morgan fingerprint density at radius 2 is 1.85 bits per heavy atom. The number of hydrogen-bond donors (Lipinski definition) is 2. The molecular weight excluding hydrogens is 295 g/mol. The van der Waals surface area contributed by atoms with Crippen LogP contribution in [0, 0.1) is 0 Å². The summed E-state index contributed by atoms with van der Waals surface area (Å²) >= 11 is 11.9. The van der Waals surface area contributed by atoms with Gasteiger partial charge in [0.15, 0.2) is 0 Å². The van der Waals surface area contributed by atoms with Crippen molar-refractivity contribution in [3.05, 3.63) is 52.0 Å². The van der Waals surface area contributed by atoms with E-state index in [2.05, 4.69) is 5.32 Å². The molecule has 20 heavy (non-hydrogen) atoms. The maximum Gasteiger partial charge on any atom is 0.134 e. The molecule has 0 atom stereocenters. The van der Waals surface area contributed by atoms with Crippen molar-refractivity contribution in [3.8, 4) is 5.75 Å². The summed E-state index contributed by atoms with van der Waals surface area (Å²) in [6.45, 7) is 0.598.